The number of para-hydroxylation sites is 1. The molecule has 2 amide bonds. The van der Waals surface area contributed by atoms with Gasteiger partial charge in [0.1, 0.15) is 0 Å². The highest BCUT2D eigenvalue weighted by Gasteiger charge is 2.20. The van der Waals surface area contributed by atoms with Crippen LogP contribution in [-0.2, 0) is 0 Å². The van der Waals surface area contributed by atoms with Gasteiger partial charge in [-0.1, -0.05) is 18.2 Å². The lowest BCUT2D eigenvalue weighted by atomic mass is 10.1. The maximum Gasteiger partial charge on any atom is 0.321 e. The maximum atomic E-state index is 11.9. The highest BCUT2D eigenvalue weighted by atomic mass is 16.2. The number of hydrogen-bond donors (Lipinski definition) is 2. The van der Waals surface area contributed by atoms with E-state index in [0.717, 1.165) is 25.1 Å². The first-order chi connectivity index (χ1) is 7.75. The van der Waals surface area contributed by atoms with Crippen LogP contribution in [0.5, 0.6) is 0 Å². The molecule has 0 saturated carbocycles. The van der Waals surface area contributed by atoms with E-state index >= 15 is 0 Å². The molecule has 0 aliphatic carbocycles. The van der Waals surface area contributed by atoms with E-state index < -0.39 is 0 Å². The van der Waals surface area contributed by atoms with Crippen LogP contribution in [0, 0.1) is 0 Å². The number of carbonyl (C=O) groups is 1. The molecule has 1 aliphatic heterocycles. The molecule has 0 spiro atoms. The van der Waals surface area contributed by atoms with Crippen LogP contribution in [0.2, 0.25) is 0 Å². The number of rotatable bonds is 1. The summed E-state index contributed by atoms with van der Waals surface area (Å²) in [6.45, 7) is 1.45. The quantitative estimate of drug-likeness (QED) is 0.754. The number of piperidine rings is 1. The first-order valence-corrected chi connectivity index (χ1v) is 5.62. The van der Waals surface area contributed by atoms with Crippen molar-refractivity contribution in [3.8, 4) is 0 Å². The molecule has 0 radical (unpaired) electrons. The predicted molar refractivity (Wildman–Crippen MR) is 64.2 cm³/mol. The van der Waals surface area contributed by atoms with Gasteiger partial charge in [0, 0.05) is 24.8 Å². The molecule has 4 heteroatoms. The van der Waals surface area contributed by atoms with Gasteiger partial charge >= 0.3 is 6.03 Å². The second-order valence-electron chi connectivity index (χ2n) is 4.14. The lowest BCUT2D eigenvalue weighted by Crippen LogP contribution is -2.47. The lowest BCUT2D eigenvalue weighted by Gasteiger charge is -2.30. The topological polar surface area (TPSA) is 58.4 Å². The number of hydrogen-bond acceptors (Lipinski definition) is 2. The summed E-state index contributed by atoms with van der Waals surface area (Å²) in [5.41, 5.74) is 6.66. The zero-order chi connectivity index (χ0) is 11.4. The third-order valence-corrected chi connectivity index (χ3v) is 2.77. The van der Waals surface area contributed by atoms with Crippen molar-refractivity contribution in [2.45, 2.75) is 18.9 Å². The largest absolute Gasteiger partial charge is 0.326 e. The van der Waals surface area contributed by atoms with Crippen molar-refractivity contribution in [2.24, 2.45) is 5.73 Å². The van der Waals surface area contributed by atoms with Crippen LogP contribution in [0.1, 0.15) is 12.8 Å². The molecule has 1 aromatic carbocycles. The van der Waals surface area contributed by atoms with Crippen LogP contribution < -0.4 is 11.1 Å². The zero-order valence-electron chi connectivity index (χ0n) is 9.23. The fourth-order valence-corrected chi connectivity index (χ4v) is 1.92. The van der Waals surface area contributed by atoms with Crippen molar-refractivity contribution in [3.05, 3.63) is 30.3 Å². The standard InChI is InChI=1S/C12H17N3O/c13-10-5-4-8-15(9-10)12(16)14-11-6-2-1-3-7-11/h1-3,6-7,10H,4-5,8-9,13H2,(H,14,16). The van der Waals surface area contributed by atoms with Crippen molar-refractivity contribution in [1.82, 2.24) is 4.90 Å². The maximum absolute atomic E-state index is 11.9. The van der Waals surface area contributed by atoms with Crippen LogP contribution in [-0.4, -0.2) is 30.1 Å². The fourth-order valence-electron chi connectivity index (χ4n) is 1.92. The van der Waals surface area contributed by atoms with Gasteiger partial charge in [-0.15, -0.1) is 0 Å². The Morgan fingerprint density at radius 3 is 2.81 bits per heavy atom. The van der Waals surface area contributed by atoms with Gasteiger partial charge in [0.15, 0.2) is 0 Å². The summed E-state index contributed by atoms with van der Waals surface area (Å²) in [6, 6.07) is 9.54. The van der Waals surface area contributed by atoms with Crippen molar-refractivity contribution in [2.75, 3.05) is 18.4 Å². The molecule has 3 N–H and O–H groups in total. The smallest absolute Gasteiger partial charge is 0.321 e. The fraction of sp³-hybridized carbons (Fsp3) is 0.417. The Morgan fingerprint density at radius 1 is 1.38 bits per heavy atom. The van der Waals surface area contributed by atoms with E-state index in [4.69, 9.17) is 5.73 Å². The van der Waals surface area contributed by atoms with E-state index in [1.54, 1.807) is 4.90 Å². The van der Waals surface area contributed by atoms with Crippen molar-refractivity contribution in [3.63, 3.8) is 0 Å². The second kappa shape index (κ2) is 4.99. The van der Waals surface area contributed by atoms with Crippen molar-refractivity contribution < 1.29 is 4.79 Å². The van der Waals surface area contributed by atoms with Crippen LogP contribution in [0.15, 0.2) is 30.3 Å². The number of likely N-dealkylation sites (tertiary alicyclic amines) is 1. The number of benzene rings is 1. The summed E-state index contributed by atoms with van der Waals surface area (Å²) in [5.74, 6) is 0. The lowest BCUT2D eigenvalue weighted by molar-refractivity contribution is 0.193. The third kappa shape index (κ3) is 2.73. The Hall–Kier alpha value is -1.55. The molecule has 1 aromatic rings. The van der Waals surface area contributed by atoms with E-state index in [1.165, 1.54) is 0 Å². The summed E-state index contributed by atoms with van der Waals surface area (Å²) in [5, 5.41) is 2.86. The molecule has 1 fully saturated rings. The van der Waals surface area contributed by atoms with Gasteiger partial charge < -0.3 is 16.0 Å². The van der Waals surface area contributed by atoms with E-state index in [2.05, 4.69) is 5.32 Å². The predicted octanol–water partition coefficient (Wildman–Crippen LogP) is 1.64. The molecule has 1 saturated heterocycles. The van der Waals surface area contributed by atoms with Crippen LogP contribution in [0.25, 0.3) is 0 Å². The number of urea groups is 1. The monoisotopic (exact) mass is 219 g/mol. The van der Waals surface area contributed by atoms with Gasteiger partial charge in [0.05, 0.1) is 0 Å². The molecule has 2 rings (SSSR count). The highest BCUT2D eigenvalue weighted by Crippen LogP contribution is 2.11. The number of amides is 2. The van der Waals surface area contributed by atoms with Crippen LogP contribution in [0.3, 0.4) is 0 Å². The Kier molecular flexibility index (Phi) is 3.41. The Labute approximate surface area is 95.4 Å². The zero-order valence-corrected chi connectivity index (χ0v) is 9.23. The van der Waals surface area contributed by atoms with Crippen molar-refractivity contribution >= 4 is 11.7 Å². The first kappa shape index (κ1) is 11.0. The molecule has 0 aromatic heterocycles. The molecule has 16 heavy (non-hydrogen) atoms. The van der Waals surface area contributed by atoms with E-state index in [-0.39, 0.29) is 12.1 Å². The van der Waals surface area contributed by atoms with Crippen molar-refractivity contribution in [1.29, 1.82) is 0 Å². The average molecular weight is 219 g/mol. The number of nitrogens with one attached hydrogen (secondary N) is 1. The minimum Gasteiger partial charge on any atom is -0.326 e. The van der Waals surface area contributed by atoms with E-state index in [1.807, 2.05) is 30.3 Å². The normalized spacial score (nSPS) is 20.6. The molecule has 1 heterocycles. The Bertz CT molecular complexity index is 353. The third-order valence-electron chi connectivity index (χ3n) is 2.77. The molecular weight excluding hydrogens is 202 g/mol. The van der Waals surface area contributed by atoms with Crippen LogP contribution >= 0.6 is 0 Å². The molecule has 0 bridgehead atoms. The second-order valence-corrected chi connectivity index (χ2v) is 4.14. The van der Waals surface area contributed by atoms with Gasteiger partial charge in [-0.2, -0.15) is 0 Å². The first-order valence-electron chi connectivity index (χ1n) is 5.62. The van der Waals surface area contributed by atoms with Gasteiger partial charge in [-0.3, -0.25) is 0 Å². The minimum atomic E-state index is -0.0543. The summed E-state index contributed by atoms with van der Waals surface area (Å²) in [6.07, 6.45) is 2.00. The van der Waals surface area contributed by atoms with E-state index in [0.29, 0.717) is 6.54 Å². The molecule has 86 valence electrons. The molecule has 4 nitrogen and oxygen atoms in total. The average Bonchev–Trinajstić information content (AvgIpc) is 2.30. The SMILES string of the molecule is NC1CCCN(C(=O)Nc2ccccc2)C1. The molecule has 1 atom stereocenters. The van der Waals surface area contributed by atoms with Gasteiger partial charge in [0.2, 0.25) is 0 Å². The van der Waals surface area contributed by atoms with E-state index in [9.17, 15) is 4.79 Å². The molecule has 1 unspecified atom stereocenters. The Morgan fingerprint density at radius 2 is 2.12 bits per heavy atom. The summed E-state index contributed by atoms with van der Waals surface area (Å²) >= 11 is 0. The molecule has 1 aliphatic rings. The molecular formula is C12H17N3O. The highest BCUT2D eigenvalue weighted by molar-refractivity contribution is 5.89. The number of carbonyl (C=O) groups excluding carboxylic acids is 1. The van der Waals surface area contributed by atoms with Gasteiger partial charge in [-0.25, -0.2) is 4.79 Å². The van der Waals surface area contributed by atoms with Crippen LogP contribution in [0.4, 0.5) is 10.5 Å². The Balaban J connectivity index is 1.93. The van der Waals surface area contributed by atoms with Gasteiger partial charge in [-0.05, 0) is 25.0 Å². The van der Waals surface area contributed by atoms with Gasteiger partial charge in [0.25, 0.3) is 0 Å². The number of anilines is 1. The summed E-state index contributed by atoms with van der Waals surface area (Å²) in [4.78, 5) is 13.7. The summed E-state index contributed by atoms with van der Waals surface area (Å²) < 4.78 is 0. The minimum absolute atomic E-state index is 0.0543. The number of nitrogens with two attached hydrogens (primary N) is 1. The number of nitrogens with zero attached hydrogens (tertiary/aromatic N) is 1. The summed E-state index contributed by atoms with van der Waals surface area (Å²) in [7, 11) is 0.